The Kier molecular flexibility index (Phi) is 8.25. The molecule has 0 saturated carbocycles. The van der Waals surface area contributed by atoms with Crippen molar-refractivity contribution in [2.45, 2.75) is 62.4 Å². The Hall–Kier alpha value is -2.87. The highest BCUT2D eigenvalue weighted by Gasteiger charge is 2.43. The van der Waals surface area contributed by atoms with Gasteiger partial charge >= 0.3 is 6.18 Å². The molecular formula is C28H31F3N4O4S2. The molecule has 8 nitrogen and oxygen atoms in total. The van der Waals surface area contributed by atoms with E-state index in [9.17, 15) is 26.4 Å². The van der Waals surface area contributed by atoms with Gasteiger partial charge in [0.1, 0.15) is 5.60 Å². The van der Waals surface area contributed by atoms with Crippen LogP contribution in [0.5, 0.6) is 0 Å². The molecule has 41 heavy (non-hydrogen) atoms. The first-order valence-corrected chi connectivity index (χ1v) is 15.9. The number of fused-ring (bicyclic) bond motifs is 2. The molecule has 4 heterocycles. The van der Waals surface area contributed by atoms with E-state index in [4.69, 9.17) is 4.74 Å². The lowest BCUT2D eigenvalue weighted by Gasteiger charge is -2.45. The zero-order chi connectivity index (χ0) is 29.4. The number of carbonyl (C=O) groups is 1. The van der Waals surface area contributed by atoms with Crippen LogP contribution in [0.1, 0.15) is 69.8 Å². The number of hydrogen-bond acceptors (Lipinski definition) is 8. The molecule has 1 fully saturated rings. The number of likely N-dealkylation sites (tertiary alicyclic amines) is 1. The third-order valence-corrected chi connectivity index (χ3v) is 11.0. The fraction of sp³-hybridized carbons (Fsp3) is 0.464. The van der Waals surface area contributed by atoms with Crippen LogP contribution in [0, 0.1) is 0 Å². The van der Waals surface area contributed by atoms with E-state index in [1.807, 2.05) is 13.0 Å². The van der Waals surface area contributed by atoms with Crippen molar-refractivity contribution in [1.82, 2.24) is 20.2 Å². The van der Waals surface area contributed by atoms with E-state index >= 15 is 0 Å². The number of carbonyl (C=O) groups excluding carboxylic acids is 1. The Morgan fingerprint density at radius 1 is 1.17 bits per heavy atom. The monoisotopic (exact) mass is 608 g/mol. The highest BCUT2D eigenvalue weighted by Crippen LogP contribution is 2.46. The summed E-state index contributed by atoms with van der Waals surface area (Å²) in [6, 6.07) is 8.31. The number of rotatable bonds is 7. The number of piperidine rings is 1. The van der Waals surface area contributed by atoms with Gasteiger partial charge in [-0.15, -0.1) is 11.3 Å². The molecule has 0 radical (unpaired) electrons. The number of halogens is 3. The summed E-state index contributed by atoms with van der Waals surface area (Å²) in [6.07, 6.45) is 0.0203. The number of aromatic nitrogens is 2. The summed E-state index contributed by atoms with van der Waals surface area (Å²) < 4.78 is 68.9. The first-order valence-electron chi connectivity index (χ1n) is 13.4. The average Bonchev–Trinajstić information content (AvgIpc) is 3.42. The van der Waals surface area contributed by atoms with Crippen LogP contribution >= 0.6 is 11.3 Å². The standard InChI is InChI=1S/C28H31F3N4O4S2/c1-3-41(37,38)22-6-4-19(5-7-22)15-32-25(36)23-14-20-8-13-39-27(24(20)40-23)9-11-35(12-10-27)18(2)21-16-33-26(34-17-21)28(29,30)31/h4-7,14,16-18H,3,8-13,15H2,1-2H3,(H,32,36)/t18-/m1/s1. The number of benzene rings is 1. The zero-order valence-electron chi connectivity index (χ0n) is 22.7. The molecule has 1 spiro atoms. The lowest BCUT2D eigenvalue weighted by molar-refractivity contribution is -0.145. The summed E-state index contributed by atoms with van der Waals surface area (Å²) >= 11 is 1.44. The predicted molar refractivity (Wildman–Crippen MR) is 147 cm³/mol. The van der Waals surface area contributed by atoms with Gasteiger partial charge in [0.25, 0.3) is 5.91 Å². The highest BCUT2D eigenvalue weighted by molar-refractivity contribution is 7.91. The maximum atomic E-state index is 13.0. The minimum absolute atomic E-state index is 0.0303. The second-order valence-corrected chi connectivity index (χ2v) is 13.7. The number of amides is 1. The van der Waals surface area contributed by atoms with Gasteiger partial charge in [0.05, 0.1) is 22.1 Å². The number of sulfone groups is 1. The van der Waals surface area contributed by atoms with Crippen LogP contribution in [-0.2, 0) is 39.3 Å². The maximum Gasteiger partial charge on any atom is 0.451 e. The van der Waals surface area contributed by atoms with Crippen molar-refractivity contribution in [3.05, 3.63) is 75.0 Å². The summed E-state index contributed by atoms with van der Waals surface area (Å²) in [5.74, 6) is -1.31. The van der Waals surface area contributed by atoms with Crippen LogP contribution in [0.4, 0.5) is 13.2 Å². The second-order valence-electron chi connectivity index (χ2n) is 10.3. The Labute approximate surface area is 240 Å². The Morgan fingerprint density at radius 3 is 2.44 bits per heavy atom. The van der Waals surface area contributed by atoms with Gasteiger partial charge in [-0.2, -0.15) is 13.2 Å². The fourth-order valence-corrected chi connectivity index (χ4v) is 7.55. The van der Waals surface area contributed by atoms with E-state index < -0.39 is 27.4 Å². The summed E-state index contributed by atoms with van der Waals surface area (Å²) in [5, 5.41) is 2.93. The first kappa shape index (κ1) is 29.6. The molecule has 0 unspecified atom stereocenters. The Morgan fingerprint density at radius 2 is 1.83 bits per heavy atom. The topological polar surface area (TPSA) is 101 Å². The second kappa shape index (κ2) is 11.4. The van der Waals surface area contributed by atoms with Crippen molar-refractivity contribution < 1.29 is 31.1 Å². The van der Waals surface area contributed by atoms with Gasteiger partial charge in [-0.3, -0.25) is 9.69 Å². The predicted octanol–water partition coefficient (Wildman–Crippen LogP) is 4.91. The van der Waals surface area contributed by atoms with Crippen LogP contribution in [0.15, 0.2) is 47.6 Å². The van der Waals surface area contributed by atoms with Gasteiger partial charge in [-0.05, 0) is 55.5 Å². The van der Waals surface area contributed by atoms with Crippen molar-refractivity contribution >= 4 is 27.1 Å². The first-order chi connectivity index (χ1) is 19.4. The summed E-state index contributed by atoms with van der Waals surface area (Å²) in [6.45, 7) is 5.70. The highest BCUT2D eigenvalue weighted by atomic mass is 32.2. The average molecular weight is 609 g/mol. The zero-order valence-corrected chi connectivity index (χ0v) is 24.3. The van der Waals surface area contributed by atoms with Gasteiger partial charge in [0.2, 0.25) is 5.82 Å². The number of thiophene rings is 1. The lowest BCUT2D eigenvalue weighted by Crippen LogP contribution is -2.46. The van der Waals surface area contributed by atoms with Crippen LogP contribution in [-0.4, -0.2) is 54.6 Å². The fourth-order valence-electron chi connectivity index (χ4n) is 5.34. The van der Waals surface area contributed by atoms with Crippen LogP contribution in [0.3, 0.4) is 0 Å². The molecular weight excluding hydrogens is 577 g/mol. The molecule has 13 heteroatoms. The van der Waals surface area contributed by atoms with Gasteiger partial charge < -0.3 is 10.1 Å². The number of nitrogens with zero attached hydrogens (tertiary/aromatic N) is 3. The summed E-state index contributed by atoms with van der Waals surface area (Å²) in [4.78, 5) is 24.2. The molecule has 1 atom stereocenters. The Bertz CT molecular complexity index is 1500. The van der Waals surface area contributed by atoms with Gasteiger partial charge in [0, 0.05) is 48.5 Å². The van der Waals surface area contributed by atoms with Crippen LogP contribution in [0.25, 0.3) is 0 Å². The summed E-state index contributed by atoms with van der Waals surface area (Å²) in [5.41, 5.74) is 2.04. The minimum atomic E-state index is -4.57. The minimum Gasteiger partial charge on any atom is -0.369 e. The van der Waals surface area contributed by atoms with Crippen LogP contribution in [0.2, 0.25) is 0 Å². The molecule has 2 aliphatic rings. The molecule has 0 bridgehead atoms. The van der Waals surface area contributed by atoms with Crippen molar-refractivity contribution in [1.29, 1.82) is 0 Å². The molecule has 2 aromatic heterocycles. The van der Waals surface area contributed by atoms with E-state index in [0.29, 0.717) is 43.0 Å². The number of ether oxygens (including phenoxy) is 1. The van der Waals surface area contributed by atoms with E-state index in [2.05, 4.69) is 20.2 Å². The normalized spacial score (nSPS) is 18.2. The van der Waals surface area contributed by atoms with Crippen molar-refractivity contribution in [2.24, 2.45) is 0 Å². The molecule has 1 N–H and O–H groups in total. The SMILES string of the molecule is CCS(=O)(=O)c1ccc(CNC(=O)c2cc3c(s2)C2(CCN([C@H](C)c4cnc(C(F)(F)F)nc4)CC2)OCC3)cc1. The van der Waals surface area contributed by atoms with E-state index in [0.717, 1.165) is 22.4 Å². The van der Waals surface area contributed by atoms with E-state index in [-0.39, 0.29) is 29.1 Å². The third-order valence-electron chi connectivity index (χ3n) is 7.87. The van der Waals surface area contributed by atoms with Gasteiger partial charge in [-0.1, -0.05) is 19.1 Å². The van der Waals surface area contributed by atoms with Crippen LogP contribution < -0.4 is 5.32 Å². The van der Waals surface area contributed by atoms with Crippen molar-refractivity contribution in [3.63, 3.8) is 0 Å². The van der Waals surface area contributed by atoms with E-state index in [1.165, 1.54) is 23.7 Å². The molecule has 0 aliphatic carbocycles. The number of nitrogens with one attached hydrogen (secondary N) is 1. The van der Waals surface area contributed by atoms with Gasteiger partial charge in [0.15, 0.2) is 9.84 Å². The number of hydrogen-bond donors (Lipinski definition) is 1. The molecule has 2 aliphatic heterocycles. The largest absolute Gasteiger partial charge is 0.451 e. The van der Waals surface area contributed by atoms with Crippen molar-refractivity contribution in [2.75, 3.05) is 25.4 Å². The lowest BCUT2D eigenvalue weighted by atomic mass is 9.84. The smallest absolute Gasteiger partial charge is 0.369 e. The molecule has 1 aromatic carbocycles. The molecule has 5 rings (SSSR count). The molecule has 1 saturated heterocycles. The van der Waals surface area contributed by atoms with Gasteiger partial charge in [-0.25, -0.2) is 18.4 Å². The number of alkyl halides is 3. The Balaban J connectivity index is 1.22. The maximum absolute atomic E-state index is 13.0. The molecule has 1 amide bonds. The summed E-state index contributed by atoms with van der Waals surface area (Å²) in [7, 11) is -3.28. The third kappa shape index (κ3) is 6.18. The molecule has 220 valence electrons. The van der Waals surface area contributed by atoms with E-state index in [1.54, 1.807) is 31.2 Å². The quantitative estimate of drug-likeness (QED) is 0.407. The molecule has 3 aromatic rings. The van der Waals surface area contributed by atoms with Crippen molar-refractivity contribution in [3.8, 4) is 0 Å².